The summed E-state index contributed by atoms with van der Waals surface area (Å²) in [5.74, 6) is 1.66. The highest BCUT2D eigenvalue weighted by molar-refractivity contribution is 8.14. The molecule has 1 saturated carbocycles. The standard InChI is InChI=1S/C20H25N3O4S/c1-26-16-8-7-13(11-17(16)27-2)9-10-21-18(24)12-28-19-14-5-3-4-6-15(14)22-20(25)23-19/h7-8,11,14H,3-6,9-10,12H2,1-2H3,(H,21,24). The van der Waals surface area contributed by atoms with Crippen molar-refractivity contribution in [3.05, 3.63) is 23.8 Å². The number of ether oxygens (including phenoxy) is 2. The van der Waals surface area contributed by atoms with Crippen molar-refractivity contribution in [3.63, 3.8) is 0 Å². The van der Waals surface area contributed by atoms with Gasteiger partial charge in [0.05, 0.1) is 25.0 Å². The minimum Gasteiger partial charge on any atom is -0.493 e. The van der Waals surface area contributed by atoms with E-state index in [4.69, 9.17) is 9.47 Å². The van der Waals surface area contributed by atoms with Crippen LogP contribution in [0.2, 0.25) is 0 Å². The van der Waals surface area contributed by atoms with Crippen LogP contribution < -0.4 is 14.8 Å². The second kappa shape index (κ2) is 9.73. The molecule has 0 bridgehead atoms. The predicted octanol–water partition coefficient (Wildman–Crippen LogP) is 3.26. The number of carbonyl (C=O) groups excluding carboxylic acids is 2. The lowest BCUT2D eigenvalue weighted by atomic mass is 9.87. The number of methoxy groups -OCH3 is 2. The first-order valence-corrected chi connectivity index (χ1v) is 10.4. The molecule has 0 aromatic heterocycles. The molecule has 1 heterocycles. The van der Waals surface area contributed by atoms with Crippen LogP contribution in [0.4, 0.5) is 4.79 Å². The molecule has 0 spiro atoms. The Morgan fingerprint density at radius 2 is 2.04 bits per heavy atom. The van der Waals surface area contributed by atoms with E-state index >= 15 is 0 Å². The van der Waals surface area contributed by atoms with E-state index < -0.39 is 6.03 Å². The summed E-state index contributed by atoms with van der Waals surface area (Å²) in [4.78, 5) is 32.0. The van der Waals surface area contributed by atoms with Crippen molar-refractivity contribution >= 4 is 34.5 Å². The van der Waals surface area contributed by atoms with E-state index in [9.17, 15) is 9.59 Å². The SMILES string of the molecule is COc1ccc(CCNC(=O)CSC2=NC(=O)N=C3CCCCC32)cc1OC. The number of rotatable bonds is 7. The van der Waals surface area contributed by atoms with Crippen molar-refractivity contribution in [2.45, 2.75) is 32.1 Å². The minimum atomic E-state index is -0.440. The molecule has 150 valence electrons. The van der Waals surface area contributed by atoms with Gasteiger partial charge in [-0.05, 0) is 43.4 Å². The number of hydrogen-bond acceptors (Lipinski definition) is 5. The van der Waals surface area contributed by atoms with Crippen LogP contribution in [0, 0.1) is 5.92 Å². The van der Waals surface area contributed by atoms with Crippen LogP contribution in [0.5, 0.6) is 11.5 Å². The van der Waals surface area contributed by atoms with E-state index in [1.807, 2.05) is 18.2 Å². The first kappa shape index (κ1) is 20.4. The third kappa shape index (κ3) is 5.13. The van der Waals surface area contributed by atoms with Crippen LogP contribution in [-0.4, -0.2) is 49.2 Å². The zero-order chi connectivity index (χ0) is 19.9. The van der Waals surface area contributed by atoms with Gasteiger partial charge in [0.2, 0.25) is 5.91 Å². The fourth-order valence-corrected chi connectivity index (χ4v) is 4.40. The van der Waals surface area contributed by atoms with Gasteiger partial charge in [0.1, 0.15) is 0 Å². The monoisotopic (exact) mass is 403 g/mol. The number of aliphatic imine (C=N–C) groups is 2. The van der Waals surface area contributed by atoms with E-state index in [0.717, 1.165) is 42.0 Å². The molecule has 2 aliphatic rings. The lowest BCUT2D eigenvalue weighted by Crippen LogP contribution is -2.32. The third-order valence-corrected chi connectivity index (χ3v) is 5.93. The second-order valence-corrected chi connectivity index (χ2v) is 7.71. The summed E-state index contributed by atoms with van der Waals surface area (Å²) in [5.41, 5.74) is 1.98. The average Bonchev–Trinajstić information content (AvgIpc) is 2.71. The predicted molar refractivity (Wildman–Crippen MR) is 111 cm³/mol. The lowest BCUT2D eigenvalue weighted by Gasteiger charge is -2.26. The van der Waals surface area contributed by atoms with Crippen LogP contribution in [0.25, 0.3) is 0 Å². The van der Waals surface area contributed by atoms with E-state index in [2.05, 4.69) is 15.3 Å². The van der Waals surface area contributed by atoms with Crippen LogP contribution in [0.15, 0.2) is 28.2 Å². The normalized spacial score (nSPS) is 18.6. The van der Waals surface area contributed by atoms with Gasteiger partial charge >= 0.3 is 6.03 Å². The highest BCUT2D eigenvalue weighted by Gasteiger charge is 2.30. The zero-order valence-electron chi connectivity index (χ0n) is 16.2. The smallest absolute Gasteiger partial charge is 0.367 e. The molecule has 3 amide bonds. The molecular formula is C20H25N3O4S. The number of amides is 3. The molecule has 1 aromatic carbocycles. The third-order valence-electron chi connectivity index (χ3n) is 4.86. The van der Waals surface area contributed by atoms with Gasteiger partial charge in [-0.2, -0.15) is 4.99 Å². The van der Waals surface area contributed by atoms with Crippen LogP contribution in [-0.2, 0) is 11.2 Å². The van der Waals surface area contributed by atoms with Crippen molar-refractivity contribution in [3.8, 4) is 11.5 Å². The first-order valence-electron chi connectivity index (χ1n) is 9.41. The summed E-state index contributed by atoms with van der Waals surface area (Å²) in [6, 6.07) is 5.28. The van der Waals surface area contributed by atoms with Gasteiger partial charge < -0.3 is 14.8 Å². The van der Waals surface area contributed by atoms with E-state index in [1.165, 1.54) is 11.8 Å². The number of benzene rings is 1. The van der Waals surface area contributed by atoms with Gasteiger partial charge in [-0.15, -0.1) is 11.8 Å². The molecule has 0 saturated heterocycles. The maximum atomic E-state index is 12.2. The highest BCUT2D eigenvalue weighted by Crippen LogP contribution is 2.30. The Balaban J connectivity index is 1.45. The summed E-state index contributed by atoms with van der Waals surface area (Å²) in [6.45, 7) is 0.524. The molecule has 1 atom stereocenters. The van der Waals surface area contributed by atoms with Crippen LogP contribution >= 0.6 is 11.8 Å². The fraction of sp³-hybridized carbons (Fsp3) is 0.500. The number of nitrogens with one attached hydrogen (secondary N) is 1. The Kier molecular flexibility index (Phi) is 7.08. The minimum absolute atomic E-state index is 0.0690. The van der Waals surface area contributed by atoms with Gasteiger partial charge in [0.25, 0.3) is 0 Å². The molecule has 1 unspecified atom stereocenters. The molecule has 1 aromatic rings. The number of urea groups is 1. The van der Waals surface area contributed by atoms with Gasteiger partial charge in [-0.1, -0.05) is 12.5 Å². The van der Waals surface area contributed by atoms with Crippen LogP contribution in [0.3, 0.4) is 0 Å². The van der Waals surface area contributed by atoms with Crippen molar-refractivity contribution in [1.82, 2.24) is 5.32 Å². The van der Waals surface area contributed by atoms with Gasteiger partial charge in [0, 0.05) is 18.2 Å². The van der Waals surface area contributed by atoms with Crippen molar-refractivity contribution in [2.75, 3.05) is 26.5 Å². The largest absolute Gasteiger partial charge is 0.493 e. The molecule has 7 nitrogen and oxygen atoms in total. The molecule has 8 heteroatoms. The van der Waals surface area contributed by atoms with Crippen molar-refractivity contribution in [1.29, 1.82) is 0 Å². The quantitative estimate of drug-likeness (QED) is 0.755. The maximum Gasteiger partial charge on any atom is 0.367 e. The summed E-state index contributed by atoms with van der Waals surface area (Å²) >= 11 is 1.35. The Bertz CT molecular complexity index is 807. The number of thioether (sulfide) groups is 1. The molecule has 1 fully saturated rings. The highest BCUT2D eigenvalue weighted by atomic mass is 32.2. The number of fused-ring (bicyclic) bond motifs is 1. The lowest BCUT2D eigenvalue weighted by molar-refractivity contribution is -0.118. The van der Waals surface area contributed by atoms with Crippen molar-refractivity contribution in [2.24, 2.45) is 15.9 Å². The second-order valence-electron chi connectivity index (χ2n) is 6.71. The Morgan fingerprint density at radius 3 is 2.82 bits per heavy atom. The van der Waals surface area contributed by atoms with Gasteiger partial charge in [-0.25, -0.2) is 9.79 Å². The number of hydrogen-bond donors (Lipinski definition) is 1. The summed E-state index contributed by atoms with van der Waals surface area (Å²) in [7, 11) is 3.20. The number of nitrogens with zero attached hydrogens (tertiary/aromatic N) is 2. The zero-order valence-corrected chi connectivity index (χ0v) is 17.0. The molecule has 1 aliphatic carbocycles. The van der Waals surface area contributed by atoms with Crippen LogP contribution in [0.1, 0.15) is 31.2 Å². The Morgan fingerprint density at radius 1 is 1.21 bits per heavy atom. The number of carbonyl (C=O) groups is 2. The molecule has 1 aliphatic heterocycles. The molecule has 1 N–H and O–H groups in total. The Hall–Kier alpha value is -2.35. The first-order chi connectivity index (χ1) is 13.6. The maximum absolute atomic E-state index is 12.2. The molecular weight excluding hydrogens is 378 g/mol. The molecule has 28 heavy (non-hydrogen) atoms. The van der Waals surface area contributed by atoms with Gasteiger partial charge in [-0.3, -0.25) is 4.79 Å². The van der Waals surface area contributed by atoms with E-state index in [0.29, 0.717) is 24.5 Å². The van der Waals surface area contributed by atoms with Crippen molar-refractivity contribution < 1.29 is 19.1 Å². The summed E-state index contributed by atoms with van der Waals surface area (Å²) in [5, 5.41) is 3.66. The summed E-state index contributed by atoms with van der Waals surface area (Å²) in [6.07, 6.45) is 4.67. The average molecular weight is 404 g/mol. The van der Waals surface area contributed by atoms with E-state index in [1.54, 1.807) is 14.2 Å². The Labute approximate surface area is 169 Å². The van der Waals surface area contributed by atoms with E-state index in [-0.39, 0.29) is 17.6 Å². The summed E-state index contributed by atoms with van der Waals surface area (Å²) < 4.78 is 10.5. The molecule has 3 rings (SSSR count). The van der Waals surface area contributed by atoms with Gasteiger partial charge in [0.15, 0.2) is 11.5 Å². The fourth-order valence-electron chi connectivity index (χ4n) is 3.42. The molecule has 0 radical (unpaired) electrons. The topological polar surface area (TPSA) is 89.3 Å².